The van der Waals surface area contributed by atoms with Crippen molar-refractivity contribution in [1.82, 2.24) is 14.9 Å². The molecule has 1 aromatic rings. The lowest BCUT2D eigenvalue weighted by atomic mass is 9.88. The standard InChI is InChI=1S/C17H23N3O3/c21-16(15-18-6-1-7-19-15)20-8-4-17(5-9-20)10-14(12-23-17)22-11-13-2-3-13/h1,6-7,13-14H,2-5,8-12H2/t14-/m1/s1. The first-order valence-electron chi connectivity index (χ1n) is 8.56. The molecule has 0 aromatic carbocycles. The van der Waals surface area contributed by atoms with Crippen LogP contribution in [0, 0.1) is 5.92 Å². The van der Waals surface area contributed by atoms with Crippen molar-refractivity contribution >= 4 is 5.91 Å². The van der Waals surface area contributed by atoms with Gasteiger partial charge in [0.15, 0.2) is 0 Å². The molecule has 0 unspecified atom stereocenters. The van der Waals surface area contributed by atoms with E-state index in [4.69, 9.17) is 9.47 Å². The molecule has 0 N–H and O–H groups in total. The molecule has 1 aromatic heterocycles. The Kier molecular flexibility index (Phi) is 4.03. The van der Waals surface area contributed by atoms with Crippen LogP contribution >= 0.6 is 0 Å². The van der Waals surface area contributed by atoms with Crippen molar-refractivity contribution in [3.8, 4) is 0 Å². The summed E-state index contributed by atoms with van der Waals surface area (Å²) < 4.78 is 12.1. The predicted octanol–water partition coefficient (Wildman–Crippen LogP) is 1.67. The van der Waals surface area contributed by atoms with E-state index < -0.39 is 0 Å². The van der Waals surface area contributed by atoms with Crippen LogP contribution in [0.4, 0.5) is 0 Å². The van der Waals surface area contributed by atoms with Crippen LogP contribution in [0.1, 0.15) is 42.7 Å². The smallest absolute Gasteiger partial charge is 0.291 e. The van der Waals surface area contributed by atoms with E-state index in [0.717, 1.165) is 31.8 Å². The number of carbonyl (C=O) groups excluding carboxylic acids is 1. The summed E-state index contributed by atoms with van der Waals surface area (Å²) in [6, 6.07) is 1.72. The highest BCUT2D eigenvalue weighted by atomic mass is 16.6. The fourth-order valence-electron chi connectivity index (χ4n) is 3.48. The summed E-state index contributed by atoms with van der Waals surface area (Å²) in [5.41, 5.74) is -0.0947. The van der Waals surface area contributed by atoms with Crippen LogP contribution in [0.25, 0.3) is 0 Å². The number of piperidine rings is 1. The maximum absolute atomic E-state index is 12.4. The number of ether oxygens (including phenoxy) is 2. The summed E-state index contributed by atoms with van der Waals surface area (Å²) in [4.78, 5) is 22.3. The van der Waals surface area contributed by atoms with Crippen LogP contribution in [-0.2, 0) is 9.47 Å². The Balaban J connectivity index is 1.29. The van der Waals surface area contributed by atoms with E-state index in [9.17, 15) is 4.79 Å². The van der Waals surface area contributed by atoms with Gasteiger partial charge >= 0.3 is 0 Å². The second-order valence-electron chi connectivity index (χ2n) is 6.96. The molecule has 124 valence electrons. The summed E-state index contributed by atoms with van der Waals surface area (Å²) >= 11 is 0. The van der Waals surface area contributed by atoms with Gasteiger partial charge in [-0.15, -0.1) is 0 Å². The van der Waals surface area contributed by atoms with Crippen molar-refractivity contribution in [3.63, 3.8) is 0 Å². The average molecular weight is 317 g/mol. The van der Waals surface area contributed by atoms with E-state index in [2.05, 4.69) is 9.97 Å². The monoisotopic (exact) mass is 317 g/mol. The fourth-order valence-corrected chi connectivity index (χ4v) is 3.48. The second-order valence-corrected chi connectivity index (χ2v) is 6.96. The quantitative estimate of drug-likeness (QED) is 0.845. The van der Waals surface area contributed by atoms with Crippen LogP contribution in [0.5, 0.6) is 0 Å². The van der Waals surface area contributed by atoms with E-state index in [1.54, 1.807) is 18.5 Å². The first-order valence-corrected chi connectivity index (χ1v) is 8.56. The molecule has 1 aliphatic carbocycles. The SMILES string of the molecule is O=C(c1ncccn1)N1CCC2(CC1)C[C@@H](OCC1CC1)CO2. The number of hydrogen-bond donors (Lipinski definition) is 0. The molecule has 2 aliphatic heterocycles. The number of likely N-dealkylation sites (tertiary alicyclic amines) is 1. The van der Waals surface area contributed by atoms with Gasteiger partial charge in [-0.2, -0.15) is 0 Å². The van der Waals surface area contributed by atoms with Gasteiger partial charge in [0.05, 0.1) is 18.3 Å². The first-order chi connectivity index (χ1) is 11.2. The third kappa shape index (κ3) is 3.38. The third-order valence-corrected chi connectivity index (χ3v) is 5.16. The zero-order valence-corrected chi connectivity index (χ0v) is 13.3. The highest BCUT2D eigenvalue weighted by Crippen LogP contribution is 2.38. The van der Waals surface area contributed by atoms with Crippen molar-refractivity contribution < 1.29 is 14.3 Å². The average Bonchev–Trinajstić information content (AvgIpc) is 3.36. The topological polar surface area (TPSA) is 64.6 Å². The molecule has 3 aliphatic rings. The second kappa shape index (κ2) is 6.17. The molecule has 2 saturated heterocycles. The molecule has 1 atom stereocenters. The maximum atomic E-state index is 12.4. The molecule has 6 nitrogen and oxygen atoms in total. The molecule has 1 spiro atoms. The minimum Gasteiger partial charge on any atom is -0.375 e. The zero-order valence-electron chi connectivity index (χ0n) is 13.3. The predicted molar refractivity (Wildman–Crippen MR) is 82.9 cm³/mol. The van der Waals surface area contributed by atoms with Gasteiger partial charge in [-0.05, 0) is 37.7 Å². The van der Waals surface area contributed by atoms with Crippen LogP contribution in [-0.4, -0.2) is 58.8 Å². The van der Waals surface area contributed by atoms with Gasteiger partial charge in [0.2, 0.25) is 5.82 Å². The van der Waals surface area contributed by atoms with E-state index in [0.29, 0.717) is 19.7 Å². The Labute approximate surface area is 136 Å². The Morgan fingerprint density at radius 3 is 2.74 bits per heavy atom. The Morgan fingerprint density at radius 1 is 1.30 bits per heavy atom. The van der Waals surface area contributed by atoms with Gasteiger partial charge < -0.3 is 14.4 Å². The van der Waals surface area contributed by atoms with Crippen molar-refractivity contribution in [1.29, 1.82) is 0 Å². The number of carbonyl (C=O) groups is 1. The number of hydrogen-bond acceptors (Lipinski definition) is 5. The number of rotatable bonds is 4. The summed E-state index contributed by atoms with van der Waals surface area (Å²) in [5, 5.41) is 0. The van der Waals surface area contributed by atoms with Crippen molar-refractivity contribution in [3.05, 3.63) is 24.3 Å². The molecule has 23 heavy (non-hydrogen) atoms. The van der Waals surface area contributed by atoms with Crippen molar-refractivity contribution in [2.24, 2.45) is 5.92 Å². The number of aromatic nitrogens is 2. The van der Waals surface area contributed by atoms with Crippen LogP contribution < -0.4 is 0 Å². The largest absolute Gasteiger partial charge is 0.375 e. The van der Waals surface area contributed by atoms with Gasteiger partial charge in [-0.3, -0.25) is 4.79 Å². The minimum atomic E-state index is -0.0947. The van der Waals surface area contributed by atoms with Crippen molar-refractivity contribution in [2.45, 2.75) is 43.8 Å². The van der Waals surface area contributed by atoms with Gasteiger partial charge in [0.25, 0.3) is 5.91 Å². The lowest BCUT2D eigenvalue weighted by molar-refractivity contribution is -0.0412. The molecule has 0 radical (unpaired) electrons. The van der Waals surface area contributed by atoms with E-state index in [1.807, 2.05) is 4.90 Å². The van der Waals surface area contributed by atoms with Crippen LogP contribution in [0.2, 0.25) is 0 Å². The maximum Gasteiger partial charge on any atom is 0.291 e. The summed E-state index contributed by atoms with van der Waals surface area (Å²) in [6.07, 6.45) is 8.78. The van der Waals surface area contributed by atoms with E-state index in [1.165, 1.54) is 12.8 Å². The van der Waals surface area contributed by atoms with Crippen molar-refractivity contribution in [2.75, 3.05) is 26.3 Å². The van der Waals surface area contributed by atoms with Gasteiger partial charge in [0.1, 0.15) is 0 Å². The van der Waals surface area contributed by atoms with E-state index in [-0.39, 0.29) is 23.4 Å². The molecule has 1 amide bonds. The summed E-state index contributed by atoms with van der Waals surface area (Å²) in [7, 11) is 0. The normalized spacial score (nSPS) is 26.6. The lowest BCUT2D eigenvalue weighted by Crippen LogP contribution is -2.47. The Hall–Kier alpha value is -1.53. The molecule has 0 bridgehead atoms. The van der Waals surface area contributed by atoms with Gasteiger partial charge in [-0.1, -0.05) is 0 Å². The van der Waals surface area contributed by atoms with Crippen LogP contribution in [0.3, 0.4) is 0 Å². The molecule has 6 heteroatoms. The fraction of sp³-hybridized carbons (Fsp3) is 0.706. The molecular formula is C17H23N3O3. The molecule has 3 heterocycles. The highest BCUT2D eigenvalue weighted by molar-refractivity contribution is 5.90. The molecule has 3 fully saturated rings. The Bertz CT molecular complexity index is 553. The van der Waals surface area contributed by atoms with Crippen LogP contribution in [0.15, 0.2) is 18.5 Å². The highest BCUT2D eigenvalue weighted by Gasteiger charge is 2.44. The molecule has 1 saturated carbocycles. The number of amides is 1. The summed E-state index contributed by atoms with van der Waals surface area (Å²) in [5.74, 6) is 0.985. The minimum absolute atomic E-state index is 0.0834. The van der Waals surface area contributed by atoms with E-state index >= 15 is 0 Å². The summed E-state index contributed by atoms with van der Waals surface area (Å²) in [6.45, 7) is 2.99. The van der Waals surface area contributed by atoms with Gasteiger partial charge in [0, 0.05) is 38.5 Å². The third-order valence-electron chi connectivity index (χ3n) is 5.16. The molecular weight excluding hydrogens is 294 g/mol. The first kappa shape index (κ1) is 15.0. The van der Waals surface area contributed by atoms with Gasteiger partial charge in [-0.25, -0.2) is 9.97 Å². The number of nitrogens with zero attached hydrogens (tertiary/aromatic N) is 3. The molecule has 4 rings (SSSR count). The lowest BCUT2D eigenvalue weighted by Gasteiger charge is -2.38. The zero-order chi connectivity index (χ0) is 15.7. The Morgan fingerprint density at radius 2 is 2.04 bits per heavy atom.